The molecule has 1 aliphatic heterocycles. The Kier molecular flexibility index (Phi) is 7.26. The number of piperazine rings is 1. The lowest BCUT2D eigenvalue weighted by atomic mass is 9.86. The van der Waals surface area contributed by atoms with Gasteiger partial charge in [-0.2, -0.15) is 0 Å². The molecule has 1 saturated heterocycles. The van der Waals surface area contributed by atoms with Crippen molar-refractivity contribution in [3.63, 3.8) is 0 Å². The maximum absolute atomic E-state index is 13.0. The Bertz CT molecular complexity index is 1040. The Morgan fingerprint density at radius 2 is 1.62 bits per heavy atom. The molecule has 0 bridgehead atoms. The number of pyridine rings is 1. The molecule has 0 spiro atoms. The summed E-state index contributed by atoms with van der Waals surface area (Å²) >= 11 is 0. The van der Waals surface area contributed by atoms with E-state index in [1.54, 1.807) is 24.3 Å². The fraction of sp³-hybridized carbons (Fsp3) is 0.346. The van der Waals surface area contributed by atoms with Crippen molar-refractivity contribution in [3.8, 4) is 0 Å². The number of nitrogens with zero attached hydrogens (tertiary/aromatic N) is 3. The Labute approximate surface area is 189 Å². The van der Waals surface area contributed by atoms with Gasteiger partial charge in [-0.15, -0.1) is 0 Å². The van der Waals surface area contributed by atoms with Crippen LogP contribution >= 0.6 is 0 Å². The molecule has 3 rings (SSSR count). The first-order chi connectivity index (χ1) is 15.1. The van der Waals surface area contributed by atoms with Crippen LogP contribution in [0.1, 0.15) is 42.5 Å². The van der Waals surface area contributed by atoms with E-state index >= 15 is 0 Å². The number of hydrogen-bond acceptors (Lipinski definition) is 5. The number of para-hydroxylation sites is 1. The zero-order valence-electron chi connectivity index (χ0n) is 19.2. The quantitative estimate of drug-likeness (QED) is 0.543. The summed E-state index contributed by atoms with van der Waals surface area (Å²) in [6, 6.07) is 13.1. The lowest BCUT2D eigenvalue weighted by Crippen LogP contribution is -2.44. The van der Waals surface area contributed by atoms with Crippen molar-refractivity contribution >= 4 is 29.6 Å². The molecule has 32 heavy (non-hydrogen) atoms. The number of carboxylic acids is 1. The third-order valence-corrected chi connectivity index (χ3v) is 5.54. The maximum Gasteiger partial charge on any atom is 0.332 e. The van der Waals surface area contributed by atoms with Gasteiger partial charge < -0.3 is 14.9 Å². The summed E-state index contributed by atoms with van der Waals surface area (Å²) in [5, 5.41) is 9.53. The van der Waals surface area contributed by atoms with Crippen LogP contribution in [0.15, 0.2) is 54.1 Å². The molecule has 1 fully saturated rings. The summed E-state index contributed by atoms with van der Waals surface area (Å²) in [5.74, 6) is -1.04. The molecule has 0 saturated carbocycles. The Morgan fingerprint density at radius 3 is 2.28 bits per heavy atom. The minimum Gasteiger partial charge on any atom is -0.478 e. The number of likely N-dealkylation sites (N-methyl/N-ethyl adjacent to an activating group) is 1. The molecule has 168 valence electrons. The average Bonchev–Trinajstić information content (AvgIpc) is 2.76. The Balaban J connectivity index is 1.82. The minimum atomic E-state index is -0.962. The van der Waals surface area contributed by atoms with Crippen LogP contribution in [-0.2, 0) is 4.79 Å². The van der Waals surface area contributed by atoms with Crippen molar-refractivity contribution in [3.05, 3.63) is 71.1 Å². The highest BCUT2D eigenvalue weighted by Gasteiger charge is 2.23. The number of carboxylic acid groups (broad SMARTS) is 1. The monoisotopic (exact) mass is 433 g/mol. The minimum absolute atomic E-state index is 0.0804. The third kappa shape index (κ3) is 5.92. The highest BCUT2D eigenvalue weighted by Crippen LogP contribution is 2.27. The van der Waals surface area contributed by atoms with E-state index in [-0.39, 0.29) is 11.4 Å². The van der Waals surface area contributed by atoms with Gasteiger partial charge in [-0.3, -0.25) is 4.79 Å². The van der Waals surface area contributed by atoms with Gasteiger partial charge in [0.05, 0.1) is 11.4 Å². The second-order valence-corrected chi connectivity index (χ2v) is 9.11. The van der Waals surface area contributed by atoms with Gasteiger partial charge in [-0.25, -0.2) is 9.78 Å². The fourth-order valence-electron chi connectivity index (χ4n) is 3.64. The molecule has 1 N–H and O–H groups in total. The molecule has 1 aliphatic rings. The predicted octanol–water partition coefficient (Wildman–Crippen LogP) is 4.24. The van der Waals surface area contributed by atoms with E-state index in [1.165, 1.54) is 6.08 Å². The summed E-state index contributed by atoms with van der Waals surface area (Å²) in [7, 11) is 2.11. The normalized spacial score (nSPS) is 15.9. The first-order valence-electron chi connectivity index (χ1n) is 10.8. The fourth-order valence-corrected chi connectivity index (χ4v) is 3.64. The van der Waals surface area contributed by atoms with E-state index in [9.17, 15) is 14.7 Å². The van der Waals surface area contributed by atoms with Crippen molar-refractivity contribution in [1.82, 2.24) is 9.88 Å². The number of ketones is 1. The number of allylic oxidation sites excluding steroid dienone is 1. The second-order valence-electron chi connectivity index (χ2n) is 9.11. The number of benzene rings is 1. The molecular weight excluding hydrogens is 402 g/mol. The number of rotatable bonds is 6. The van der Waals surface area contributed by atoms with Crippen molar-refractivity contribution in [2.24, 2.45) is 5.41 Å². The second kappa shape index (κ2) is 9.92. The number of carbonyl (C=O) groups is 2. The lowest BCUT2D eigenvalue weighted by molar-refractivity contribution is -0.133. The number of anilines is 1. The van der Waals surface area contributed by atoms with Gasteiger partial charge in [0.15, 0.2) is 5.78 Å². The van der Waals surface area contributed by atoms with Crippen LogP contribution in [0.25, 0.3) is 12.2 Å². The van der Waals surface area contributed by atoms with Crippen LogP contribution in [0.4, 0.5) is 5.69 Å². The SMILES string of the molecule is CN1CCN(c2ccccc2C(=O)C=Cc2cccc(C=C(C(=O)O)C(C)(C)C)n2)CC1. The summed E-state index contributed by atoms with van der Waals surface area (Å²) in [6.45, 7) is 9.28. The van der Waals surface area contributed by atoms with Gasteiger partial charge >= 0.3 is 5.97 Å². The molecule has 0 atom stereocenters. The molecule has 6 nitrogen and oxygen atoms in total. The van der Waals surface area contributed by atoms with E-state index in [2.05, 4.69) is 21.8 Å². The predicted molar refractivity (Wildman–Crippen MR) is 129 cm³/mol. The maximum atomic E-state index is 13.0. The van der Waals surface area contributed by atoms with Crippen molar-refractivity contribution in [1.29, 1.82) is 0 Å². The first-order valence-corrected chi connectivity index (χ1v) is 10.8. The van der Waals surface area contributed by atoms with Crippen LogP contribution in [0.2, 0.25) is 0 Å². The van der Waals surface area contributed by atoms with Crippen LogP contribution in [-0.4, -0.2) is 60.0 Å². The molecule has 1 aromatic carbocycles. The third-order valence-electron chi connectivity index (χ3n) is 5.54. The zero-order chi connectivity index (χ0) is 23.3. The molecule has 0 amide bonds. The van der Waals surface area contributed by atoms with Crippen LogP contribution in [0.5, 0.6) is 0 Å². The van der Waals surface area contributed by atoms with E-state index < -0.39 is 11.4 Å². The largest absolute Gasteiger partial charge is 0.478 e. The standard InChI is InChI=1S/C26H31N3O3/c1-26(2,3)22(25(31)32)18-20-9-7-8-19(27-20)12-13-24(30)21-10-5-6-11-23(21)29-16-14-28(4)15-17-29/h5-13,18H,14-17H2,1-4H3,(H,31,32). The van der Waals surface area contributed by atoms with Crippen molar-refractivity contribution < 1.29 is 14.7 Å². The van der Waals surface area contributed by atoms with Gasteiger partial charge in [0.2, 0.25) is 0 Å². The van der Waals surface area contributed by atoms with Crippen LogP contribution < -0.4 is 4.90 Å². The smallest absolute Gasteiger partial charge is 0.332 e. The van der Waals surface area contributed by atoms with Gasteiger partial charge in [0.1, 0.15) is 0 Å². The first kappa shape index (κ1) is 23.4. The van der Waals surface area contributed by atoms with Gasteiger partial charge in [0.25, 0.3) is 0 Å². The van der Waals surface area contributed by atoms with Crippen LogP contribution in [0, 0.1) is 5.41 Å². The topological polar surface area (TPSA) is 73.7 Å². The Morgan fingerprint density at radius 1 is 0.969 bits per heavy atom. The molecule has 2 heterocycles. The van der Waals surface area contributed by atoms with Crippen molar-refractivity contribution in [2.75, 3.05) is 38.1 Å². The molecule has 0 radical (unpaired) electrons. The number of hydrogen-bond donors (Lipinski definition) is 1. The lowest BCUT2D eigenvalue weighted by Gasteiger charge is -2.34. The van der Waals surface area contributed by atoms with Gasteiger partial charge in [0, 0.05) is 43.0 Å². The molecule has 6 heteroatoms. The Hall–Kier alpha value is -3.25. The molecular formula is C26H31N3O3. The van der Waals surface area contributed by atoms with E-state index in [1.807, 2.05) is 51.1 Å². The molecule has 0 aliphatic carbocycles. The summed E-state index contributed by atoms with van der Waals surface area (Å²) in [5.41, 5.74) is 2.54. The van der Waals surface area contributed by atoms with Gasteiger partial charge in [-0.05, 0) is 55.0 Å². The number of carbonyl (C=O) groups excluding carboxylic acids is 1. The van der Waals surface area contributed by atoms with Gasteiger partial charge in [-0.1, -0.05) is 39.0 Å². The van der Waals surface area contributed by atoms with Crippen LogP contribution in [0.3, 0.4) is 0 Å². The highest BCUT2D eigenvalue weighted by molar-refractivity contribution is 6.10. The molecule has 2 aromatic rings. The average molecular weight is 434 g/mol. The molecule has 0 unspecified atom stereocenters. The zero-order valence-corrected chi connectivity index (χ0v) is 19.2. The van der Waals surface area contributed by atoms with E-state index in [0.29, 0.717) is 17.0 Å². The number of aliphatic carboxylic acids is 1. The molecule has 1 aromatic heterocycles. The highest BCUT2D eigenvalue weighted by atomic mass is 16.4. The van der Waals surface area contributed by atoms with E-state index in [0.717, 1.165) is 31.9 Å². The summed E-state index contributed by atoms with van der Waals surface area (Å²) in [6.07, 6.45) is 4.80. The number of aromatic nitrogens is 1. The van der Waals surface area contributed by atoms with E-state index in [4.69, 9.17) is 0 Å². The van der Waals surface area contributed by atoms with Crippen molar-refractivity contribution in [2.45, 2.75) is 20.8 Å². The summed E-state index contributed by atoms with van der Waals surface area (Å²) < 4.78 is 0. The summed E-state index contributed by atoms with van der Waals surface area (Å²) in [4.78, 5) is 33.7.